The van der Waals surface area contributed by atoms with Gasteiger partial charge in [0.25, 0.3) is 0 Å². The third-order valence-electron chi connectivity index (χ3n) is 0.433. The predicted octanol–water partition coefficient (Wildman–Crippen LogP) is 1.25. The zero-order chi connectivity index (χ0) is 5.70. The van der Waals surface area contributed by atoms with E-state index in [1.807, 2.05) is 6.07 Å². The lowest BCUT2D eigenvalue weighted by Crippen LogP contribution is -1.80. The number of hydrogen-bond acceptors (Lipinski definition) is 2. The van der Waals surface area contributed by atoms with E-state index in [2.05, 4.69) is 0 Å². The highest BCUT2D eigenvalue weighted by molar-refractivity contribution is 14.1. The second-order valence-electron chi connectivity index (χ2n) is 1.01. The Morgan fingerprint density at radius 1 is 1.86 bits per heavy atom. The van der Waals surface area contributed by atoms with E-state index in [1.54, 1.807) is 22.6 Å². The highest BCUT2D eigenvalue weighted by Gasteiger charge is 1.89. The maximum atomic E-state index is 10.0. The topological polar surface area (TPSA) is 40.9 Å². The SMILES string of the molecule is N#CCCC(=O)I. The van der Waals surface area contributed by atoms with Gasteiger partial charge in [-0.2, -0.15) is 5.26 Å². The van der Waals surface area contributed by atoms with Gasteiger partial charge in [0.2, 0.25) is 0 Å². The van der Waals surface area contributed by atoms with Crippen molar-refractivity contribution in [3.63, 3.8) is 0 Å². The molecule has 0 aromatic carbocycles. The summed E-state index contributed by atoms with van der Waals surface area (Å²) in [6.45, 7) is 0. The fraction of sp³-hybridized carbons (Fsp3) is 0.500. The van der Waals surface area contributed by atoms with E-state index in [4.69, 9.17) is 5.26 Å². The third kappa shape index (κ3) is 5.89. The quantitative estimate of drug-likeness (QED) is 0.507. The van der Waals surface area contributed by atoms with Crippen molar-refractivity contribution in [3.8, 4) is 6.07 Å². The van der Waals surface area contributed by atoms with Crippen molar-refractivity contribution in [3.05, 3.63) is 0 Å². The maximum absolute atomic E-state index is 10.0. The van der Waals surface area contributed by atoms with Gasteiger partial charge in [0.1, 0.15) is 0 Å². The first-order valence-corrected chi connectivity index (χ1v) is 2.90. The Labute approximate surface area is 55.7 Å². The number of rotatable bonds is 2. The van der Waals surface area contributed by atoms with Crippen molar-refractivity contribution in [2.75, 3.05) is 0 Å². The molecule has 0 radical (unpaired) electrons. The smallest absolute Gasteiger partial charge is 0.193 e. The molecule has 0 aliphatic carbocycles. The van der Waals surface area contributed by atoms with Gasteiger partial charge in [-0.3, -0.25) is 4.79 Å². The van der Waals surface area contributed by atoms with Crippen LogP contribution in [0.2, 0.25) is 0 Å². The monoisotopic (exact) mass is 209 g/mol. The molecule has 0 aliphatic rings. The van der Waals surface area contributed by atoms with Crippen LogP contribution in [0.1, 0.15) is 12.8 Å². The van der Waals surface area contributed by atoms with Gasteiger partial charge in [-0.1, -0.05) is 0 Å². The van der Waals surface area contributed by atoms with Crippen LogP contribution in [-0.4, -0.2) is 3.79 Å². The Kier molecular flexibility index (Phi) is 4.00. The number of hydrogen-bond donors (Lipinski definition) is 0. The zero-order valence-electron chi connectivity index (χ0n) is 3.65. The minimum Gasteiger partial charge on any atom is -0.288 e. The van der Waals surface area contributed by atoms with Crippen molar-refractivity contribution in [1.29, 1.82) is 5.26 Å². The molecule has 2 nitrogen and oxygen atoms in total. The van der Waals surface area contributed by atoms with Crippen LogP contribution in [-0.2, 0) is 4.79 Å². The summed E-state index contributed by atoms with van der Waals surface area (Å²) in [5.41, 5.74) is 0. The molecule has 0 rings (SSSR count). The summed E-state index contributed by atoms with van der Waals surface area (Å²) in [6.07, 6.45) is 0.735. The molecule has 0 fully saturated rings. The van der Waals surface area contributed by atoms with E-state index in [0.717, 1.165) is 0 Å². The Hall–Kier alpha value is -0.110. The van der Waals surface area contributed by atoms with Crippen LogP contribution in [0.25, 0.3) is 0 Å². The van der Waals surface area contributed by atoms with Gasteiger partial charge in [0.15, 0.2) is 3.79 Å². The van der Waals surface area contributed by atoms with Crippen LogP contribution < -0.4 is 0 Å². The Morgan fingerprint density at radius 3 is 2.57 bits per heavy atom. The molecule has 0 N–H and O–H groups in total. The third-order valence-corrected chi connectivity index (χ3v) is 0.973. The maximum Gasteiger partial charge on any atom is 0.193 e. The number of nitrogens with zero attached hydrogens (tertiary/aromatic N) is 1. The molecule has 0 amide bonds. The molecular formula is C4H4INO. The summed E-state index contributed by atoms with van der Waals surface area (Å²) >= 11 is 1.68. The molecule has 3 heteroatoms. The van der Waals surface area contributed by atoms with E-state index >= 15 is 0 Å². The lowest BCUT2D eigenvalue weighted by molar-refractivity contribution is -0.109. The Morgan fingerprint density at radius 2 is 2.43 bits per heavy atom. The largest absolute Gasteiger partial charge is 0.288 e. The highest BCUT2D eigenvalue weighted by atomic mass is 127. The number of carbonyl (C=O) groups excluding carboxylic acids is 1. The molecule has 0 aromatic heterocycles. The standard InChI is InChI=1S/C4H4INO/c5-4(7)2-1-3-6/h1-2H2. The lowest BCUT2D eigenvalue weighted by atomic mass is 10.4. The van der Waals surface area contributed by atoms with Gasteiger partial charge in [0, 0.05) is 12.8 Å². The molecule has 0 atom stereocenters. The van der Waals surface area contributed by atoms with Crippen LogP contribution in [0.15, 0.2) is 0 Å². The molecule has 0 bridgehead atoms. The average Bonchev–Trinajstić information content (AvgIpc) is 1.61. The first-order chi connectivity index (χ1) is 3.27. The van der Waals surface area contributed by atoms with E-state index in [1.165, 1.54) is 0 Å². The van der Waals surface area contributed by atoms with Crippen LogP contribution in [0.4, 0.5) is 0 Å². The number of halogens is 1. The predicted molar refractivity (Wildman–Crippen MR) is 33.9 cm³/mol. The van der Waals surface area contributed by atoms with E-state index in [9.17, 15) is 4.79 Å². The highest BCUT2D eigenvalue weighted by Crippen LogP contribution is 1.94. The normalized spacial score (nSPS) is 7.43. The van der Waals surface area contributed by atoms with Gasteiger partial charge in [-0.25, -0.2) is 0 Å². The second kappa shape index (κ2) is 4.06. The van der Waals surface area contributed by atoms with Crippen LogP contribution in [0.5, 0.6) is 0 Å². The number of carbonyl (C=O) groups is 1. The molecule has 0 heterocycles. The van der Waals surface area contributed by atoms with Gasteiger partial charge in [-0.05, 0) is 22.6 Å². The van der Waals surface area contributed by atoms with Crippen molar-refractivity contribution in [2.24, 2.45) is 0 Å². The minimum atomic E-state index is 0.0548. The van der Waals surface area contributed by atoms with Crippen LogP contribution in [0.3, 0.4) is 0 Å². The fourth-order valence-corrected chi connectivity index (χ4v) is 0.424. The van der Waals surface area contributed by atoms with Crippen LogP contribution in [0, 0.1) is 11.3 Å². The lowest BCUT2D eigenvalue weighted by Gasteiger charge is -1.76. The molecule has 0 aromatic rings. The molecule has 0 unspecified atom stereocenters. The Bertz CT molecular complexity index is 105. The van der Waals surface area contributed by atoms with Crippen molar-refractivity contribution >= 4 is 26.4 Å². The van der Waals surface area contributed by atoms with Gasteiger partial charge >= 0.3 is 0 Å². The minimum absolute atomic E-state index is 0.0548. The van der Waals surface area contributed by atoms with Crippen LogP contribution >= 0.6 is 22.6 Å². The fourth-order valence-electron chi connectivity index (χ4n) is 0.154. The second-order valence-corrected chi connectivity index (χ2v) is 2.22. The van der Waals surface area contributed by atoms with Crippen molar-refractivity contribution < 1.29 is 4.79 Å². The van der Waals surface area contributed by atoms with Gasteiger partial charge in [0.05, 0.1) is 6.07 Å². The summed E-state index contributed by atoms with van der Waals surface area (Å²) in [7, 11) is 0. The zero-order valence-corrected chi connectivity index (χ0v) is 5.81. The molecule has 0 saturated carbocycles. The molecule has 7 heavy (non-hydrogen) atoms. The molecule has 0 spiro atoms. The molecule has 38 valence electrons. The first kappa shape index (κ1) is 6.89. The summed E-state index contributed by atoms with van der Waals surface area (Å²) in [5.74, 6) is 0. The summed E-state index contributed by atoms with van der Waals surface area (Å²) in [6, 6.07) is 1.87. The van der Waals surface area contributed by atoms with Gasteiger partial charge in [-0.15, -0.1) is 0 Å². The van der Waals surface area contributed by atoms with E-state index < -0.39 is 0 Å². The summed E-state index contributed by atoms with van der Waals surface area (Å²) in [4.78, 5) is 10.0. The summed E-state index contributed by atoms with van der Waals surface area (Å²) in [5, 5.41) is 7.91. The van der Waals surface area contributed by atoms with Gasteiger partial charge < -0.3 is 0 Å². The molecule has 0 aliphatic heterocycles. The Balaban J connectivity index is 3.02. The molecule has 0 saturated heterocycles. The molecular weight excluding hydrogens is 205 g/mol. The van der Waals surface area contributed by atoms with E-state index in [-0.39, 0.29) is 3.79 Å². The first-order valence-electron chi connectivity index (χ1n) is 1.82. The summed E-state index contributed by atoms with van der Waals surface area (Å²) < 4.78 is 0.0548. The van der Waals surface area contributed by atoms with E-state index in [0.29, 0.717) is 12.8 Å². The number of nitriles is 1. The average molecular weight is 209 g/mol. The van der Waals surface area contributed by atoms with Crippen molar-refractivity contribution in [1.82, 2.24) is 0 Å². The van der Waals surface area contributed by atoms with Crippen molar-refractivity contribution in [2.45, 2.75) is 12.8 Å².